The minimum absolute atomic E-state index is 0.0383. The largest absolute Gasteiger partial charge is 0.405 e. The predicted octanol–water partition coefficient (Wildman–Crippen LogP) is 2.83. The fraction of sp³-hybridized carbons (Fsp3) is 0.143. The van der Waals surface area contributed by atoms with Gasteiger partial charge in [-0.3, -0.25) is 9.52 Å². The van der Waals surface area contributed by atoms with Gasteiger partial charge in [-0.1, -0.05) is 11.6 Å². The molecule has 2 aromatic rings. The van der Waals surface area contributed by atoms with Crippen LogP contribution in [0.1, 0.15) is 10.4 Å². The van der Waals surface area contributed by atoms with Crippen LogP contribution in [0, 0.1) is 0 Å². The highest BCUT2D eigenvalue weighted by atomic mass is 35.5. The third-order valence-corrected chi connectivity index (χ3v) is 4.44. The number of carbonyl (C=O) groups is 1. The number of pyridine rings is 1. The van der Waals surface area contributed by atoms with Crippen LogP contribution >= 0.6 is 11.6 Å². The molecule has 0 saturated carbocycles. The van der Waals surface area contributed by atoms with Crippen LogP contribution < -0.4 is 10.0 Å². The summed E-state index contributed by atoms with van der Waals surface area (Å²) < 4.78 is 62.8. The fourth-order valence-electron chi connectivity index (χ4n) is 1.70. The Bertz CT molecular complexity index is 854. The molecule has 11 heteroatoms. The van der Waals surface area contributed by atoms with Crippen molar-refractivity contribution in [2.75, 3.05) is 11.3 Å². The molecule has 0 aliphatic heterocycles. The summed E-state index contributed by atoms with van der Waals surface area (Å²) in [6.07, 6.45) is -3.28. The molecule has 2 N–H and O–H groups in total. The van der Waals surface area contributed by atoms with E-state index < -0.39 is 28.7 Å². The Morgan fingerprint density at radius 1 is 1.12 bits per heavy atom. The van der Waals surface area contributed by atoms with E-state index in [1.807, 2.05) is 0 Å². The summed E-state index contributed by atoms with van der Waals surface area (Å²) in [5.74, 6) is -0.926. The standard InChI is InChI=1S/C14H11ClF3N3O3S/c15-10-3-6-12(19-7-10)21-25(23,24)11-4-1-9(2-5-11)13(22)20-8-14(16,17)18/h1-7H,8H2,(H,19,21)(H,20,22). The first-order valence-electron chi connectivity index (χ1n) is 6.66. The Hall–Kier alpha value is -2.33. The Morgan fingerprint density at radius 3 is 2.28 bits per heavy atom. The van der Waals surface area contributed by atoms with Crippen LogP contribution in [0.2, 0.25) is 5.02 Å². The topological polar surface area (TPSA) is 88.2 Å². The lowest BCUT2D eigenvalue weighted by atomic mass is 10.2. The number of alkyl halides is 3. The maximum absolute atomic E-state index is 12.2. The second-order valence-corrected chi connectivity index (χ2v) is 6.91. The molecule has 2 rings (SSSR count). The molecule has 0 saturated heterocycles. The van der Waals surface area contributed by atoms with Crippen molar-refractivity contribution in [1.29, 1.82) is 0 Å². The second-order valence-electron chi connectivity index (χ2n) is 4.79. The molecular formula is C14H11ClF3N3O3S. The van der Waals surface area contributed by atoms with Gasteiger partial charge in [0.2, 0.25) is 0 Å². The van der Waals surface area contributed by atoms with Crippen molar-refractivity contribution in [1.82, 2.24) is 10.3 Å². The van der Waals surface area contributed by atoms with E-state index in [-0.39, 0.29) is 16.3 Å². The average Bonchev–Trinajstić information content (AvgIpc) is 2.54. The van der Waals surface area contributed by atoms with Gasteiger partial charge in [0.05, 0.1) is 9.92 Å². The number of hydrogen-bond acceptors (Lipinski definition) is 4. The van der Waals surface area contributed by atoms with Crippen molar-refractivity contribution in [3.05, 3.63) is 53.2 Å². The smallest absolute Gasteiger partial charge is 0.343 e. The number of sulfonamides is 1. The normalized spacial score (nSPS) is 11.8. The number of anilines is 1. The lowest BCUT2D eigenvalue weighted by Crippen LogP contribution is -2.33. The Balaban J connectivity index is 2.10. The van der Waals surface area contributed by atoms with Crippen LogP contribution in [0.4, 0.5) is 19.0 Å². The number of aromatic nitrogens is 1. The van der Waals surface area contributed by atoms with Crippen LogP contribution in [-0.4, -0.2) is 32.0 Å². The predicted molar refractivity (Wildman–Crippen MR) is 84.9 cm³/mol. The van der Waals surface area contributed by atoms with Crippen molar-refractivity contribution in [2.45, 2.75) is 11.1 Å². The van der Waals surface area contributed by atoms with Crippen molar-refractivity contribution in [2.24, 2.45) is 0 Å². The molecule has 1 heterocycles. The summed E-state index contributed by atoms with van der Waals surface area (Å²) in [4.78, 5) is 15.2. The van der Waals surface area contributed by atoms with E-state index in [4.69, 9.17) is 11.6 Å². The van der Waals surface area contributed by atoms with Crippen molar-refractivity contribution < 1.29 is 26.4 Å². The molecule has 0 aliphatic rings. The second kappa shape index (κ2) is 7.28. The number of carbonyl (C=O) groups excluding carboxylic acids is 1. The molecular weight excluding hydrogens is 383 g/mol. The van der Waals surface area contributed by atoms with E-state index in [1.165, 1.54) is 18.3 Å². The number of amides is 1. The Kier molecular flexibility index (Phi) is 5.53. The first-order valence-corrected chi connectivity index (χ1v) is 8.52. The van der Waals surface area contributed by atoms with Gasteiger partial charge < -0.3 is 5.32 Å². The molecule has 0 atom stereocenters. The number of benzene rings is 1. The number of nitrogens with one attached hydrogen (secondary N) is 2. The molecule has 0 radical (unpaired) electrons. The monoisotopic (exact) mass is 393 g/mol. The summed E-state index contributed by atoms with van der Waals surface area (Å²) in [6, 6.07) is 7.21. The van der Waals surface area contributed by atoms with Gasteiger partial charge in [-0.25, -0.2) is 13.4 Å². The zero-order valence-electron chi connectivity index (χ0n) is 12.3. The molecule has 25 heavy (non-hydrogen) atoms. The maximum Gasteiger partial charge on any atom is 0.405 e. The van der Waals surface area contributed by atoms with Crippen LogP contribution in [-0.2, 0) is 10.0 Å². The molecule has 0 bridgehead atoms. The van der Waals surface area contributed by atoms with Gasteiger partial charge in [-0.2, -0.15) is 13.2 Å². The average molecular weight is 394 g/mol. The van der Waals surface area contributed by atoms with Gasteiger partial charge in [0.25, 0.3) is 15.9 Å². The van der Waals surface area contributed by atoms with Gasteiger partial charge >= 0.3 is 6.18 Å². The molecule has 6 nitrogen and oxygen atoms in total. The van der Waals surface area contributed by atoms with Crippen LogP contribution in [0.25, 0.3) is 0 Å². The zero-order valence-corrected chi connectivity index (χ0v) is 13.9. The van der Waals surface area contributed by atoms with Gasteiger partial charge in [0.15, 0.2) is 0 Å². The molecule has 0 spiro atoms. The molecule has 1 amide bonds. The van der Waals surface area contributed by atoms with Crippen molar-refractivity contribution in [3.63, 3.8) is 0 Å². The fourth-order valence-corrected chi connectivity index (χ4v) is 2.82. The first-order chi connectivity index (χ1) is 11.6. The van der Waals surface area contributed by atoms with E-state index in [9.17, 15) is 26.4 Å². The molecule has 1 aromatic carbocycles. The SMILES string of the molecule is O=C(NCC(F)(F)F)c1ccc(S(=O)(=O)Nc2ccc(Cl)cn2)cc1. The van der Waals surface area contributed by atoms with Gasteiger partial charge in [0, 0.05) is 11.8 Å². The number of halogens is 4. The van der Waals surface area contributed by atoms with Gasteiger partial charge in [-0.05, 0) is 36.4 Å². The lowest BCUT2D eigenvalue weighted by molar-refractivity contribution is -0.123. The van der Waals surface area contributed by atoms with Crippen LogP contribution in [0.5, 0.6) is 0 Å². The molecule has 1 aromatic heterocycles. The van der Waals surface area contributed by atoms with Gasteiger partial charge in [0.1, 0.15) is 12.4 Å². The van der Waals surface area contributed by atoms with E-state index in [2.05, 4.69) is 9.71 Å². The molecule has 0 fully saturated rings. The summed E-state index contributed by atoms with van der Waals surface area (Å²) in [5, 5.41) is 2.02. The maximum atomic E-state index is 12.2. The quantitative estimate of drug-likeness (QED) is 0.817. The number of rotatable bonds is 5. The van der Waals surface area contributed by atoms with E-state index in [0.29, 0.717) is 5.02 Å². The van der Waals surface area contributed by atoms with Crippen molar-refractivity contribution >= 4 is 33.3 Å². The number of hydrogen-bond donors (Lipinski definition) is 2. The minimum atomic E-state index is -4.53. The van der Waals surface area contributed by atoms with Crippen LogP contribution in [0.3, 0.4) is 0 Å². The first kappa shape index (κ1) is 19.0. The summed E-state index contributed by atoms with van der Waals surface area (Å²) in [6.45, 7) is -1.48. The summed E-state index contributed by atoms with van der Waals surface area (Å²) >= 11 is 5.65. The highest BCUT2D eigenvalue weighted by Gasteiger charge is 2.28. The highest BCUT2D eigenvalue weighted by Crippen LogP contribution is 2.17. The van der Waals surface area contributed by atoms with Crippen LogP contribution in [0.15, 0.2) is 47.5 Å². The Morgan fingerprint density at radius 2 is 1.76 bits per heavy atom. The molecule has 0 unspecified atom stereocenters. The summed E-state index contributed by atoms with van der Waals surface area (Å²) in [7, 11) is -3.97. The lowest BCUT2D eigenvalue weighted by Gasteiger charge is -2.10. The van der Waals surface area contributed by atoms with E-state index in [1.54, 1.807) is 5.32 Å². The highest BCUT2D eigenvalue weighted by molar-refractivity contribution is 7.92. The molecule has 134 valence electrons. The number of nitrogens with zero attached hydrogens (tertiary/aromatic N) is 1. The third kappa shape index (κ3) is 5.61. The molecule has 0 aliphatic carbocycles. The zero-order chi connectivity index (χ0) is 18.7. The van der Waals surface area contributed by atoms with E-state index >= 15 is 0 Å². The third-order valence-electron chi connectivity index (χ3n) is 2.84. The summed E-state index contributed by atoms with van der Waals surface area (Å²) in [5.41, 5.74) is -0.104. The van der Waals surface area contributed by atoms with Crippen molar-refractivity contribution in [3.8, 4) is 0 Å². The minimum Gasteiger partial charge on any atom is -0.343 e. The van der Waals surface area contributed by atoms with E-state index in [0.717, 1.165) is 24.3 Å². The van der Waals surface area contributed by atoms with Gasteiger partial charge in [-0.15, -0.1) is 0 Å². The Labute approximate surface area is 146 Å².